The number of rotatable bonds is 5. The fourth-order valence-corrected chi connectivity index (χ4v) is 6.04. The molecule has 2 aromatic carbocycles. The second kappa shape index (κ2) is 8.92. The summed E-state index contributed by atoms with van der Waals surface area (Å²) in [6.07, 6.45) is 6.38. The Hall–Kier alpha value is -3.76. The summed E-state index contributed by atoms with van der Waals surface area (Å²) in [5.74, 6) is 5.75. The summed E-state index contributed by atoms with van der Waals surface area (Å²) in [7, 11) is 1.65. The lowest BCUT2D eigenvalue weighted by molar-refractivity contribution is 0.509. The predicted molar refractivity (Wildman–Crippen MR) is 142 cm³/mol. The first-order valence-corrected chi connectivity index (χ1v) is 12.9. The Bertz CT molecular complexity index is 1610. The number of halogens is 2. The number of hydrogen-bond donors (Lipinski definition) is 2. The second-order valence-corrected chi connectivity index (χ2v) is 10.4. The standard InChI is InChI=1S/C28H31F2N7O/c1-5-19-22(34(4)31)8-9-23(26(19)30)35-10-11-36(28(35)38)27-24-20-7-6-17(32-20)14-21(24)33-37(27)18-12-15(2)25(29)16(3)13-18/h8-13,17,20,32H,5-7,14,31H2,1-4H3/t17?,20-/m1/s1. The fraction of sp³-hybridized carbons (Fsp3) is 0.357. The van der Waals surface area contributed by atoms with Crippen molar-refractivity contribution in [1.82, 2.24) is 24.2 Å². The van der Waals surface area contributed by atoms with Gasteiger partial charge in [0.25, 0.3) is 0 Å². The molecule has 1 fully saturated rings. The van der Waals surface area contributed by atoms with E-state index in [0.717, 1.165) is 30.5 Å². The minimum absolute atomic E-state index is 0.0631. The molecule has 3 N–H and O–H groups in total. The molecule has 4 aromatic rings. The highest BCUT2D eigenvalue weighted by Gasteiger charge is 2.38. The number of hydrogen-bond acceptors (Lipinski definition) is 5. The number of benzene rings is 2. The van der Waals surface area contributed by atoms with Crippen LogP contribution in [0.4, 0.5) is 14.5 Å². The summed E-state index contributed by atoms with van der Waals surface area (Å²) >= 11 is 0. The summed E-state index contributed by atoms with van der Waals surface area (Å²) in [4.78, 5) is 13.9. The number of imidazole rings is 1. The van der Waals surface area contributed by atoms with Crippen LogP contribution in [0.3, 0.4) is 0 Å². The molecule has 2 aliphatic rings. The normalized spacial score (nSPS) is 18.2. The maximum atomic E-state index is 15.7. The predicted octanol–water partition coefficient (Wildman–Crippen LogP) is 3.93. The van der Waals surface area contributed by atoms with Crippen LogP contribution in [0, 0.1) is 25.5 Å². The third-order valence-electron chi connectivity index (χ3n) is 7.86. The number of fused-ring (bicyclic) bond motifs is 4. The number of nitrogens with two attached hydrogens (primary N) is 1. The zero-order valence-electron chi connectivity index (χ0n) is 21.9. The molecule has 198 valence electrons. The van der Waals surface area contributed by atoms with Crippen molar-refractivity contribution in [2.45, 2.75) is 58.5 Å². The van der Waals surface area contributed by atoms with Gasteiger partial charge in [0, 0.05) is 49.1 Å². The summed E-state index contributed by atoms with van der Waals surface area (Å²) in [5.41, 5.74) is 4.32. The number of anilines is 1. The highest BCUT2D eigenvalue weighted by Crippen LogP contribution is 2.40. The van der Waals surface area contributed by atoms with Crippen LogP contribution in [-0.2, 0) is 12.8 Å². The number of aromatic nitrogens is 4. The van der Waals surface area contributed by atoms with Crippen LogP contribution in [0.25, 0.3) is 17.2 Å². The SMILES string of the molecule is CCc1c(N(C)N)ccc(-n2ccn(-c3c4c(nn3-c3cc(C)c(F)c(C)c3)CC3CC[C@H]4N3)c2=O)c1F. The topological polar surface area (TPSA) is 86.0 Å². The van der Waals surface area contributed by atoms with Gasteiger partial charge in [-0.15, -0.1) is 0 Å². The van der Waals surface area contributed by atoms with Crippen molar-refractivity contribution in [2.24, 2.45) is 5.84 Å². The molecule has 2 aromatic heterocycles. The largest absolute Gasteiger partial charge is 0.338 e. The van der Waals surface area contributed by atoms with Crippen LogP contribution < -0.4 is 21.9 Å². The number of hydrazine groups is 1. The molecule has 0 saturated carbocycles. The first-order chi connectivity index (χ1) is 18.2. The van der Waals surface area contributed by atoms with E-state index in [1.807, 2.05) is 6.92 Å². The minimum Gasteiger partial charge on any atom is -0.314 e. The van der Waals surface area contributed by atoms with E-state index in [4.69, 9.17) is 10.9 Å². The Morgan fingerprint density at radius 2 is 1.82 bits per heavy atom. The third-order valence-corrected chi connectivity index (χ3v) is 7.86. The van der Waals surface area contributed by atoms with Crippen molar-refractivity contribution in [3.05, 3.63) is 86.7 Å². The molecule has 2 atom stereocenters. The molecule has 6 rings (SSSR count). The zero-order valence-corrected chi connectivity index (χ0v) is 21.9. The lowest BCUT2D eigenvalue weighted by atomic mass is 10.0. The van der Waals surface area contributed by atoms with Crippen molar-refractivity contribution in [3.8, 4) is 17.2 Å². The van der Waals surface area contributed by atoms with Gasteiger partial charge in [-0.05, 0) is 68.5 Å². The van der Waals surface area contributed by atoms with Crippen LogP contribution in [-0.4, -0.2) is 32.0 Å². The molecule has 2 aliphatic heterocycles. The Balaban J connectivity index is 1.57. The first-order valence-electron chi connectivity index (χ1n) is 12.9. The Morgan fingerprint density at radius 1 is 1.11 bits per heavy atom. The maximum Gasteiger partial charge on any atom is 0.338 e. The van der Waals surface area contributed by atoms with Gasteiger partial charge in [-0.1, -0.05) is 6.92 Å². The van der Waals surface area contributed by atoms with Gasteiger partial charge in [0.2, 0.25) is 0 Å². The third kappa shape index (κ3) is 3.62. The van der Waals surface area contributed by atoms with Crippen molar-refractivity contribution in [2.75, 3.05) is 12.1 Å². The van der Waals surface area contributed by atoms with Gasteiger partial charge in [-0.25, -0.2) is 24.1 Å². The number of nitrogens with zero attached hydrogens (tertiary/aromatic N) is 5. The quantitative estimate of drug-likeness (QED) is 0.308. The van der Waals surface area contributed by atoms with E-state index in [-0.39, 0.29) is 17.5 Å². The molecule has 4 heterocycles. The Kier molecular flexibility index (Phi) is 5.77. The van der Waals surface area contributed by atoms with Crippen LogP contribution in [0.15, 0.2) is 41.5 Å². The van der Waals surface area contributed by atoms with E-state index in [1.54, 1.807) is 62.2 Å². The van der Waals surface area contributed by atoms with Gasteiger partial charge in [-0.2, -0.15) is 5.10 Å². The van der Waals surface area contributed by atoms with Gasteiger partial charge in [-0.3, -0.25) is 9.13 Å². The van der Waals surface area contributed by atoms with E-state index >= 15 is 4.39 Å². The molecule has 1 saturated heterocycles. The molecule has 10 heteroatoms. The average Bonchev–Trinajstić information content (AvgIpc) is 3.57. The van der Waals surface area contributed by atoms with E-state index in [1.165, 1.54) is 14.1 Å². The molecule has 0 spiro atoms. The van der Waals surface area contributed by atoms with Crippen LogP contribution in [0.1, 0.15) is 53.8 Å². The van der Waals surface area contributed by atoms with Gasteiger partial charge in [0.1, 0.15) is 11.6 Å². The monoisotopic (exact) mass is 519 g/mol. The van der Waals surface area contributed by atoms with E-state index in [2.05, 4.69) is 5.32 Å². The number of nitrogens with one attached hydrogen (secondary N) is 1. The molecule has 2 bridgehead atoms. The van der Waals surface area contributed by atoms with Crippen LogP contribution in [0.2, 0.25) is 0 Å². The molecule has 0 aliphatic carbocycles. The average molecular weight is 520 g/mol. The Labute approximate surface area is 219 Å². The zero-order chi connectivity index (χ0) is 26.9. The summed E-state index contributed by atoms with van der Waals surface area (Å²) < 4.78 is 34.7. The first kappa shape index (κ1) is 24.6. The highest BCUT2D eigenvalue weighted by molar-refractivity contribution is 5.58. The van der Waals surface area contributed by atoms with Gasteiger partial charge in [0.15, 0.2) is 5.82 Å². The van der Waals surface area contributed by atoms with Gasteiger partial charge < -0.3 is 10.3 Å². The molecule has 38 heavy (non-hydrogen) atoms. The molecule has 0 amide bonds. The smallest absolute Gasteiger partial charge is 0.314 e. The van der Waals surface area contributed by atoms with Crippen molar-refractivity contribution < 1.29 is 8.78 Å². The summed E-state index contributed by atoms with van der Waals surface area (Å²) in [6, 6.07) is 7.19. The molecule has 0 radical (unpaired) electrons. The Morgan fingerprint density at radius 3 is 2.50 bits per heavy atom. The van der Waals surface area contributed by atoms with Gasteiger partial charge in [0.05, 0.1) is 22.8 Å². The van der Waals surface area contributed by atoms with E-state index in [9.17, 15) is 9.18 Å². The lowest BCUT2D eigenvalue weighted by Crippen LogP contribution is -2.32. The van der Waals surface area contributed by atoms with E-state index in [0.29, 0.717) is 46.3 Å². The molecule has 1 unspecified atom stereocenters. The lowest BCUT2D eigenvalue weighted by Gasteiger charge is -2.21. The molecule has 8 nitrogen and oxygen atoms in total. The summed E-state index contributed by atoms with van der Waals surface area (Å²) in [5, 5.41) is 9.96. The molecular formula is C28H31F2N7O. The van der Waals surface area contributed by atoms with E-state index < -0.39 is 11.5 Å². The van der Waals surface area contributed by atoms with Crippen molar-refractivity contribution in [3.63, 3.8) is 0 Å². The van der Waals surface area contributed by atoms with Gasteiger partial charge >= 0.3 is 5.69 Å². The van der Waals surface area contributed by atoms with Crippen molar-refractivity contribution >= 4 is 5.69 Å². The van der Waals surface area contributed by atoms with Crippen molar-refractivity contribution in [1.29, 1.82) is 0 Å². The second-order valence-electron chi connectivity index (χ2n) is 10.4. The fourth-order valence-electron chi connectivity index (χ4n) is 6.04. The van der Waals surface area contributed by atoms with Crippen LogP contribution in [0.5, 0.6) is 0 Å². The minimum atomic E-state index is -0.484. The van der Waals surface area contributed by atoms with Crippen LogP contribution >= 0.6 is 0 Å². The maximum absolute atomic E-state index is 15.7. The highest BCUT2D eigenvalue weighted by atomic mass is 19.1. The summed E-state index contributed by atoms with van der Waals surface area (Å²) in [6.45, 7) is 5.29. The number of aryl methyl sites for hydroxylation is 2. The molecular weight excluding hydrogens is 488 g/mol.